The molecule has 3 rings (SSSR count). The number of alkyl carbamates (subject to hydrolysis) is 1. The quantitative estimate of drug-likeness (QED) is 0.478. The lowest BCUT2D eigenvalue weighted by Crippen LogP contribution is -2.62. The molecule has 0 spiro atoms. The van der Waals surface area contributed by atoms with Crippen molar-refractivity contribution in [2.75, 3.05) is 32.8 Å². The SMILES string of the molecule is CC(C)NC(=O)O[C@@H]1[C@@H](O)[C@H](OCCN2CCCCC2)O[C@H](CO)[C@H]1OCc1ccccc1. The van der Waals surface area contributed by atoms with Crippen molar-refractivity contribution in [2.45, 2.75) is 76.5 Å². The number of ether oxygens (including phenoxy) is 4. The van der Waals surface area contributed by atoms with Crippen LogP contribution in [0.15, 0.2) is 30.3 Å². The van der Waals surface area contributed by atoms with Gasteiger partial charge in [-0.15, -0.1) is 0 Å². The van der Waals surface area contributed by atoms with Gasteiger partial charge in [0.05, 0.1) is 19.8 Å². The fourth-order valence-corrected chi connectivity index (χ4v) is 4.16. The Morgan fingerprint density at radius 3 is 2.55 bits per heavy atom. The van der Waals surface area contributed by atoms with Crippen LogP contribution in [-0.4, -0.2) is 90.8 Å². The van der Waals surface area contributed by atoms with Crippen molar-refractivity contribution in [3.05, 3.63) is 35.9 Å². The molecule has 1 aromatic carbocycles. The Balaban J connectivity index is 1.66. The molecule has 2 heterocycles. The number of amides is 1. The molecule has 1 amide bonds. The molecule has 0 saturated carbocycles. The Bertz CT molecular complexity index is 699. The molecule has 33 heavy (non-hydrogen) atoms. The summed E-state index contributed by atoms with van der Waals surface area (Å²) in [5.74, 6) is 0. The van der Waals surface area contributed by atoms with Crippen LogP contribution < -0.4 is 5.32 Å². The number of carbonyl (C=O) groups excluding carboxylic acids is 1. The number of benzene rings is 1. The summed E-state index contributed by atoms with van der Waals surface area (Å²) in [7, 11) is 0. The number of nitrogens with one attached hydrogen (secondary N) is 1. The molecule has 186 valence electrons. The van der Waals surface area contributed by atoms with Crippen molar-refractivity contribution in [3.8, 4) is 0 Å². The van der Waals surface area contributed by atoms with Crippen molar-refractivity contribution >= 4 is 6.09 Å². The number of aliphatic hydroxyl groups excluding tert-OH is 2. The number of aliphatic hydroxyl groups is 2. The highest BCUT2D eigenvalue weighted by Gasteiger charge is 2.48. The van der Waals surface area contributed by atoms with Gasteiger partial charge >= 0.3 is 6.09 Å². The Labute approximate surface area is 196 Å². The average molecular weight is 467 g/mol. The van der Waals surface area contributed by atoms with Crippen molar-refractivity contribution in [3.63, 3.8) is 0 Å². The molecule has 3 N–H and O–H groups in total. The third-order valence-corrected chi connectivity index (χ3v) is 5.87. The standard InChI is InChI=1S/C24H38N2O7/c1-17(2)25-24(29)33-22-20(28)23(30-14-13-26-11-7-4-8-12-26)32-19(15-27)21(22)31-16-18-9-5-3-6-10-18/h3,5-6,9-10,17,19-23,27-28H,4,7-8,11-16H2,1-2H3,(H,25,29)/t19-,20-,21-,22-,23-/m1/s1. The van der Waals surface area contributed by atoms with Gasteiger partial charge in [-0.3, -0.25) is 0 Å². The van der Waals surface area contributed by atoms with Crippen LogP contribution in [0, 0.1) is 0 Å². The normalized spacial score (nSPS) is 28.6. The van der Waals surface area contributed by atoms with E-state index < -0.39 is 36.8 Å². The molecule has 0 bridgehead atoms. The summed E-state index contributed by atoms with van der Waals surface area (Å²) in [6.45, 7) is 6.63. The van der Waals surface area contributed by atoms with Crippen molar-refractivity contribution in [1.82, 2.24) is 10.2 Å². The van der Waals surface area contributed by atoms with Crippen LogP contribution in [0.1, 0.15) is 38.7 Å². The molecule has 5 atom stereocenters. The highest BCUT2D eigenvalue weighted by Crippen LogP contribution is 2.28. The first-order chi connectivity index (χ1) is 16.0. The third-order valence-electron chi connectivity index (χ3n) is 5.87. The number of carbonyl (C=O) groups is 1. The lowest BCUT2D eigenvalue weighted by atomic mass is 9.98. The summed E-state index contributed by atoms with van der Waals surface area (Å²) in [6.07, 6.45) is -2.15. The summed E-state index contributed by atoms with van der Waals surface area (Å²) >= 11 is 0. The second-order valence-corrected chi connectivity index (χ2v) is 8.92. The predicted molar refractivity (Wildman–Crippen MR) is 122 cm³/mol. The molecule has 2 aliphatic heterocycles. The average Bonchev–Trinajstić information content (AvgIpc) is 2.81. The monoisotopic (exact) mass is 466 g/mol. The highest BCUT2D eigenvalue weighted by atomic mass is 16.7. The van der Waals surface area contributed by atoms with Gasteiger partial charge in [0.15, 0.2) is 12.4 Å². The minimum Gasteiger partial charge on any atom is -0.440 e. The maximum absolute atomic E-state index is 12.4. The molecule has 2 fully saturated rings. The van der Waals surface area contributed by atoms with Crippen LogP contribution in [0.3, 0.4) is 0 Å². The smallest absolute Gasteiger partial charge is 0.407 e. The number of hydrogen-bond donors (Lipinski definition) is 3. The minimum absolute atomic E-state index is 0.136. The third kappa shape index (κ3) is 7.91. The molecule has 2 saturated heterocycles. The predicted octanol–water partition coefficient (Wildman–Crippen LogP) is 1.66. The molecular formula is C24H38N2O7. The van der Waals surface area contributed by atoms with Gasteiger partial charge in [-0.05, 0) is 45.3 Å². The first kappa shape index (κ1) is 25.9. The van der Waals surface area contributed by atoms with Gasteiger partial charge in [0.2, 0.25) is 0 Å². The zero-order valence-corrected chi connectivity index (χ0v) is 19.6. The van der Waals surface area contributed by atoms with E-state index in [0.717, 1.165) is 25.2 Å². The number of rotatable bonds is 10. The van der Waals surface area contributed by atoms with Crippen LogP contribution in [-0.2, 0) is 25.6 Å². The molecule has 0 aliphatic carbocycles. The molecule has 9 heteroatoms. The Kier molecular flexibility index (Phi) is 10.4. The number of nitrogens with zero attached hydrogens (tertiary/aromatic N) is 1. The fraction of sp³-hybridized carbons (Fsp3) is 0.708. The molecule has 0 radical (unpaired) electrons. The topological polar surface area (TPSA) is 110 Å². The van der Waals surface area contributed by atoms with E-state index in [-0.39, 0.29) is 19.3 Å². The van der Waals surface area contributed by atoms with Gasteiger partial charge in [-0.1, -0.05) is 36.8 Å². The lowest BCUT2D eigenvalue weighted by Gasteiger charge is -2.43. The van der Waals surface area contributed by atoms with Gasteiger partial charge in [-0.25, -0.2) is 4.79 Å². The van der Waals surface area contributed by atoms with E-state index in [1.807, 2.05) is 44.2 Å². The maximum Gasteiger partial charge on any atom is 0.407 e. The number of likely N-dealkylation sites (tertiary alicyclic amines) is 1. The van der Waals surface area contributed by atoms with Crippen molar-refractivity contribution < 1.29 is 34.0 Å². The molecule has 0 unspecified atom stereocenters. The largest absolute Gasteiger partial charge is 0.440 e. The van der Waals surface area contributed by atoms with E-state index in [1.165, 1.54) is 19.3 Å². The zero-order chi connectivity index (χ0) is 23.6. The van der Waals surface area contributed by atoms with Crippen molar-refractivity contribution in [2.24, 2.45) is 0 Å². The Morgan fingerprint density at radius 1 is 1.15 bits per heavy atom. The molecule has 2 aliphatic rings. The maximum atomic E-state index is 12.4. The van der Waals surface area contributed by atoms with Gasteiger partial charge in [0.1, 0.15) is 18.3 Å². The van der Waals surface area contributed by atoms with E-state index in [0.29, 0.717) is 6.61 Å². The van der Waals surface area contributed by atoms with Crippen LogP contribution >= 0.6 is 0 Å². The fourth-order valence-electron chi connectivity index (χ4n) is 4.16. The van der Waals surface area contributed by atoms with Gasteiger partial charge < -0.3 is 39.4 Å². The summed E-state index contributed by atoms with van der Waals surface area (Å²) in [6, 6.07) is 9.36. The number of piperidine rings is 1. The van der Waals surface area contributed by atoms with Crippen molar-refractivity contribution in [1.29, 1.82) is 0 Å². The van der Waals surface area contributed by atoms with E-state index in [4.69, 9.17) is 18.9 Å². The van der Waals surface area contributed by atoms with Gasteiger partial charge in [0.25, 0.3) is 0 Å². The summed E-state index contributed by atoms with van der Waals surface area (Å²) in [5.41, 5.74) is 0.911. The Morgan fingerprint density at radius 2 is 1.88 bits per heavy atom. The molecule has 0 aromatic heterocycles. The summed E-state index contributed by atoms with van der Waals surface area (Å²) in [4.78, 5) is 14.7. The van der Waals surface area contributed by atoms with E-state index in [2.05, 4.69) is 10.2 Å². The summed E-state index contributed by atoms with van der Waals surface area (Å²) in [5, 5.41) is 23.6. The van der Waals surface area contributed by atoms with Crippen LogP contribution in [0.2, 0.25) is 0 Å². The first-order valence-electron chi connectivity index (χ1n) is 11.9. The highest BCUT2D eigenvalue weighted by molar-refractivity contribution is 5.67. The van der Waals surface area contributed by atoms with E-state index >= 15 is 0 Å². The van der Waals surface area contributed by atoms with Gasteiger partial charge in [0, 0.05) is 12.6 Å². The van der Waals surface area contributed by atoms with Crippen LogP contribution in [0.25, 0.3) is 0 Å². The zero-order valence-electron chi connectivity index (χ0n) is 19.6. The molecule has 9 nitrogen and oxygen atoms in total. The van der Waals surface area contributed by atoms with Crippen LogP contribution in [0.4, 0.5) is 4.79 Å². The minimum atomic E-state index is -1.27. The van der Waals surface area contributed by atoms with Crippen LogP contribution in [0.5, 0.6) is 0 Å². The summed E-state index contributed by atoms with van der Waals surface area (Å²) < 4.78 is 23.3. The first-order valence-corrected chi connectivity index (χ1v) is 11.9. The molecule has 1 aromatic rings. The van der Waals surface area contributed by atoms with E-state index in [9.17, 15) is 15.0 Å². The number of hydrogen-bond acceptors (Lipinski definition) is 8. The van der Waals surface area contributed by atoms with E-state index in [1.54, 1.807) is 0 Å². The second kappa shape index (κ2) is 13.2. The Hall–Kier alpha value is -1.75. The lowest BCUT2D eigenvalue weighted by molar-refractivity contribution is -0.308. The molecular weight excluding hydrogens is 428 g/mol. The second-order valence-electron chi connectivity index (χ2n) is 8.92. The van der Waals surface area contributed by atoms with Gasteiger partial charge in [-0.2, -0.15) is 0 Å².